The summed E-state index contributed by atoms with van der Waals surface area (Å²) < 4.78 is 10.8. The fourth-order valence-electron chi connectivity index (χ4n) is 1.54. The van der Waals surface area contributed by atoms with E-state index in [0.717, 1.165) is 18.8 Å². The Morgan fingerprint density at radius 3 is 2.47 bits per heavy atom. The molecule has 0 bridgehead atoms. The molecule has 3 heteroatoms. The molecule has 1 atom stereocenters. The van der Waals surface area contributed by atoms with Gasteiger partial charge in [-0.05, 0) is 45.0 Å². The molecule has 0 amide bonds. The van der Waals surface area contributed by atoms with Crippen molar-refractivity contribution in [2.24, 2.45) is 0 Å². The number of benzene rings is 1. The van der Waals surface area contributed by atoms with Crippen molar-refractivity contribution in [1.82, 2.24) is 5.32 Å². The van der Waals surface area contributed by atoms with E-state index in [1.54, 1.807) is 0 Å². The van der Waals surface area contributed by atoms with Gasteiger partial charge in [0.15, 0.2) is 0 Å². The third-order valence-electron chi connectivity index (χ3n) is 2.66. The van der Waals surface area contributed by atoms with Crippen LogP contribution in [0.3, 0.4) is 0 Å². The molecule has 0 aliphatic rings. The van der Waals surface area contributed by atoms with Gasteiger partial charge >= 0.3 is 0 Å². The Labute approximate surface area is 104 Å². The molecule has 1 aromatic rings. The largest absolute Gasteiger partial charge is 0.491 e. The zero-order chi connectivity index (χ0) is 12.5. The SMILES string of the molecule is CCOCCOc1ccc(CC(C)NC)cc1. The Hall–Kier alpha value is -1.06. The first kappa shape index (κ1) is 14.0. The number of rotatable bonds is 8. The van der Waals surface area contributed by atoms with E-state index >= 15 is 0 Å². The highest BCUT2D eigenvalue weighted by atomic mass is 16.5. The highest BCUT2D eigenvalue weighted by molar-refractivity contribution is 5.27. The molecule has 0 heterocycles. The lowest BCUT2D eigenvalue weighted by molar-refractivity contribution is 0.110. The number of hydrogen-bond donors (Lipinski definition) is 1. The van der Waals surface area contributed by atoms with Crippen LogP contribution in [0.5, 0.6) is 5.75 Å². The first-order chi connectivity index (χ1) is 8.26. The van der Waals surface area contributed by atoms with Gasteiger partial charge in [-0.1, -0.05) is 12.1 Å². The summed E-state index contributed by atoms with van der Waals surface area (Å²) >= 11 is 0. The summed E-state index contributed by atoms with van der Waals surface area (Å²) in [6.45, 7) is 6.16. The molecule has 0 aromatic heterocycles. The lowest BCUT2D eigenvalue weighted by Gasteiger charge is -2.11. The summed E-state index contributed by atoms with van der Waals surface area (Å²) in [5, 5.41) is 3.23. The molecule has 0 aliphatic heterocycles. The average molecular weight is 237 g/mol. The molecule has 0 radical (unpaired) electrons. The van der Waals surface area contributed by atoms with Crippen molar-refractivity contribution in [2.45, 2.75) is 26.3 Å². The van der Waals surface area contributed by atoms with Crippen molar-refractivity contribution in [3.63, 3.8) is 0 Å². The Morgan fingerprint density at radius 2 is 1.88 bits per heavy atom. The lowest BCUT2D eigenvalue weighted by Crippen LogP contribution is -2.23. The fourth-order valence-corrected chi connectivity index (χ4v) is 1.54. The average Bonchev–Trinajstić information content (AvgIpc) is 2.36. The van der Waals surface area contributed by atoms with Crippen LogP contribution in [0, 0.1) is 0 Å². The van der Waals surface area contributed by atoms with Crippen LogP contribution in [0.2, 0.25) is 0 Å². The van der Waals surface area contributed by atoms with Gasteiger partial charge in [0.1, 0.15) is 12.4 Å². The predicted molar refractivity (Wildman–Crippen MR) is 70.7 cm³/mol. The second-order valence-corrected chi connectivity index (χ2v) is 4.08. The van der Waals surface area contributed by atoms with Crippen LogP contribution in [-0.2, 0) is 11.2 Å². The van der Waals surface area contributed by atoms with Gasteiger partial charge in [0.05, 0.1) is 6.61 Å². The molecule has 17 heavy (non-hydrogen) atoms. The maximum atomic E-state index is 5.55. The third-order valence-corrected chi connectivity index (χ3v) is 2.66. The predicted octanol–water partition coefficient (Wildman–Crippen LogP) is 2.25. The zero-order valence-corrected chi connectivity index (χ0v) is 11.0. The smallest absolute Gasteiger partial charge is 0.119 e. The van der Waals surface area contributed by atoms with E-state index in [1.807, 2.05) is 26.1 Å². The molecule has 1 unspecified atom stereocenters. The Kier molecular flexibility index (Phi) is 6.67. The topological polar surface area (TPSA) is 30.5 Å². The van der Waals surface area contributed by atoms with Gasteiger partial charge in [0, 0.05) is 12.6 Å². The molecule has 0 saturated carbocycles. The minimum Gasteiger partial charge on any atom is -0.491 e. The van der Waals surface area contributed by atoms with Gasteiger partial charge in [-0.3, -0.25) is 0 Å². The maximum absolute atomic E-state index is 5.55. The molecule has 3 nitrogen and oxygen atoms in total. The van der Waals surface area contributed by atoms with E-state index in [-0.39, 0.29) is 0 Å². The van der Waals surface area contributed by atoms with Crippen molar-refractivity contribution in [3.8, 4) is 5.75 Å². The fraction of sp³-hybridized carbons (Fsp3) is 0.571. The highest BCUT2D eigenvalue weighted by Gasteiger charge is 2.00. The van der Waals surface area contributed by atoms with E-state index < -0.39 is 0 Å². The minimum atomic E-state index is 0.500. The molecule has 96 valence electrons. The zero-order valence-electron chi connectivity index (χ0n) is 11.0. The molecule has 0 spiro atoms. The van der Waals surface area contributed by atoms with Crippen LogP contribution >= 0.6 is 0 Å². The molecule has 1 N–H and O–H groups in total. The second-order valence-electron chi connectivity index (χ2n) is 4.08. The van der Waals surface area contributed by atoms with Gasteiger partial charge in [-0.15, -0.1) is 0 Å². The van der Waals surface area contributed by atoms with Crippen LogP contribution in [-0.4, -0.2) is 32.9 Å². The molecule has 0 saturated heterocycles. The third kappa shape index (κ3) is 5.71. The van der Waals surface area contributed by atoms with Crippen LogP contribution in [0.1, 0.15) is 19.4 Å². The van der Waals surface area contributed by atoms with Gasteiger partial charge in [0.2, 0.25) is 0 Å². The van der Waals surface area contributed by atoms with Gasteiger partial charge in [0.25, 0.3) is 0 Å². The van der Waals surface area contributed by atoms with Crippen LogP contribution < -0.4 is 10.1 Å². The Morgan fingerprint density at radius 1 is 1.18 bits per heavy atom. The van der Waals surface area contributed by atoms with E-state index in [0.29, 0.717) is 19.3 Å². The Balaban J connectivity index is 2.34. The summed E-state index contributed by atoms with van der Waals surface area (Å²) in [5.74, 6) is 0.908. The molecule has 0 aliphatic carbocycles. The number of nitrogens with one attached hydrogen (secondary N) is 1. The molecule has 1 aromatic carbocycles. The van der Waals surface area contributed by atoms with E-state index in [2.05, 4.69) is 24.4 Å². The van der Waals surface area contributed by atoms with Crippen molar-refractivity contribution in [1.29, 1.82) is 0 Å². The van der Waals surface area contributed by atoms with Crippen LogP contribution in [0.4, 0.5) is 0 Å². The summed E-state index contributed by atoms with van der Waals surface area (Å²) in [6.07, 6.45) is 1.04. The van der Waals surface area contributed by atoms with Crippen molar-refractivity contribution < 1.29 is 9.47 Å². The normalized spacial score (nSPS) is 12.4. The molecule has 0 fully saturated rings. The summed E-state index contributed by atoms with van der Waals surface area (Å²) in [7, 11) is 1.98. The first-order valence-corrected chi connectivity index (χ1v) is 6.23. The number of hydrogen-bond acceptors (Lipinski definition) is 3. The van der Waals surface area contributed by atoms with Gasteiger partial charge < -0.3 is 14.8 Å². The van der Waals surface area contributed by atoms with Crippen LogP contribution in [0.25, 0.3) is 0 Å². The van der Waals surface area contributed by atoms with E-state index in [1.165, 1.54) is 5.56 Å². The summed E-state index contributed by atoms with van der Waals surface area (Å²) in [6, 6.07) is 8.76. The lowest BCUT2D eigenvalue weighted by atomic mass is 10.1. The van der Waals surface area contributed by atoms with E-state index in [9.17, 15) is 0 Å². The monoisotopic (exact) mass is 237 g/mol. The first-order valence-electron chi connectivity index (χ1n) is 6.23. The number of likely N-dealkylation sites (N-methyl/N-ethyl adjacent to an activating group) is 1. The van der Waals surface area contributed by atoms with Crippen molar-refractivity contribution in [3.05, 3.63) is 29.8 Å². The molecular formula is C14H23NO2. The van der Waals surface area contributed by atoms with Gasteiger partial charge in [-0.25, -0.2) is 0 Å². The molecular weight excluding hydrogens is 214 g/mol. The van der Waals surface area contributed by atoms with Gasteiger partial charge in [-0.2, -0.15) is 0 Å². The summed E-state index contributed by atoms with van der Waals surface area (Å²) in [5.41, 5.74) is 1.32. The minimum absolute atomic E-state index is 0.500. The van der Waals surface area contributed by atoms with E-state index in [4.69, 9.17) is 9.47 Å². The maximum Gasteiger partial charge on any atom is 0.119 e. The quantitative estimate of drug-likeness (QED) is 0.703. The standard InChI is InChI=1S/C14H23NO2/c1-4-16-9-10-17-14-7-5-13(6-8-14)11-12(2)15-3/h5-8,12,15H,4,9-11H2,1-3H3. The van der Waals surface area contributed by atoms with Crippen LogP contribution in [0.15, 0.2) is 24.3 Å². The highest BCUT2D eigenvalue weighted by Crippen LogP contribution is 2.13. The second kappa shape index (κ2) is 8.09. The Bertz CT molecular complexity index is 298. The van der Waals surface area contributed by atoms with Crippen molar-refractivity contribution >= 4 is 0 Å². The molecule has 1 rings (SSSR count). The van der Waals surface area contributed by atoms with Crippen molar-refractivity contribution in [2.75, 3.05) is 26.9 Å². The number of ether oxygens (including phenoxy) is 2. The summed E-state index contributed by atoms with van der Waals surface area (Å²) in [4.78, 5) is 0.